The number of hydrogen-bond acceptors (Lipinski definition) is 3. The van der Waals surface area contributed by atoms with Crippen LogP contribution in [0.15, 0.2) is 77.9 Å². The normalized spacial score (nSPS) is 10.8. The Balaban J connectivity index is 1.86. The molecule has 0 aliphatic carbocycles. The molecule has 0 spiro atoms. The lowest BCUT2D eigenvalue weighted by Gasteiger charge is -2.12. The minimum absolute atomic E-state index is 0.263. The number of benzene rings is 2. The van der Waals surface area contributed by atoms with E-state index in [0.717, 1.165) is 16.8 Å². The van der Waals surface area contributed by atoms with Gasteiger partial charge in [-0.1, -0.05) is 48.5 Å². The predicted molar refractivity (Wildman–Crippen MR) is 90.9 cm³/mol. The molecule has 4 rings (SSSR count). The molecule has 0 unspecified atom stereocenters. The second-order valence-corrected chi connectivity index (χ2v) is 5.37. The van der Waals surface area contributed by atoms with Gasteiger partial charge in [0.15, 0.2) is 5.82 Å². The number of aromatic nitrogens is 5. The molecule has 0 aliphatic rings. The summed E-state index contributed by atoms with van der Waals surface area (Å²) in [5.41, 5.74) is 2.56. The lowest BCUT2D eigenvalue weighted by Crippen LogP contribution is -2.19. The minimum atomic E-state index is -0.263. The number of para-hydroxylation sites is 1. The molecule has 0 radical (unpaired) electrons. The third kappa shape index (κ3) is 2.54. The van der Waals surface area contributed by atoms with Crippen molar-refractivity contribution in [2.75, 3.05) is 0 Å². The second kappa shape index (κ2) is 6.00. The molecule has 1 N–H and O–H groups in total. The zero-order valence-electron chi connectivity index (χ0n) is 12.8. The van der Waals surface area contributed by atoms with Crippen molar-refractivity contribution in [2.24, 2.45) is 0 Å². The van der Waals surface area contributed by atoms with Gasteiger partial charge in [-0.2, -0.15) is 10.2 Å². The van der Waals surface area contributed by atoms with Crippen LogP contribution in [0, 0.1) is 0 Å². The SMILES string of the molecule is O=c1[nH]nc(Cn2cccn2)n1-c1ccccc1-c1ccccc1. The predicted octanol–water partition coefficient (Wildman–Crippen LogP) is 2.47. The van der Waals surface area contributed by atoms with Crippen molar-refractivity contribution in [3.8, 4) is 16.8 Å². The van der Waals surface area contributed by atoms with Crippen molar-refractivity contribution in [3.63, 3.8) is 0 Å². The first-order valence-corrected chi connectivity index (χ1v) is 7.61. The van der Waals surface area contributed by atoms with Crippen LogP contribution in [0.1, 0.15) is 5.82 Å². The van der Waals surface area contributed by atoms with Crippen LogP contribution < -0.4 is 5.69 Å². The van der Waals surface area contributed by atoms with Gasteiger partial charge in [-0.3, -0.25) is 4.68 Å². The minimum Gasteiger partial charge on any atom is -0.265 e. The lowest BCUT2D eigenvalue weighted by molar-refractivity contribution is 0.643. The number of nitrogens with one attached hydrogen (secondary N) is 1. The number of hydrogen-bond donors (Lipinski definition) is 1. The van der Waals surface area contributed by atoms with E-state index in [-0.39, 0.29) is 5.69 Å². The third-order valence-electron chi connectivity index (χ3n) is 3.83. The third-order valence-corrected chi connectivity index (χ3v) is 3.83. The Hall–Kier alpha value is -3.41. The zero-order chi connectivity index (χ0) is 16.4. The molecule has 6 nitrogen and oxygen atoms in total. The molecular formula is C18H15N5O. The number of aromatic amines is 1. The van der Waals surface area contributed by atoms with Crippen molar-refractivity contribution >= 4 is 0 Å². The summed E-state index contributed by atoms with van der Waals surface area (Å²) in [6.45, 7) is 0.412. The molecule has 2 aromatic heterocycles. The van der Waals surface area contributed by atoms with Crippen LogP contribution >= 0.6 is 0 Å². The van der Waals surface area contributed by atoms with Gasteiger partial charge in [-0.25, -0.2) is 14.5 Å². The summed E-state index contributed by atoms with van der Waals surface area (Å²) >= 11 is 0. The average molecular weight is 317 g/mol. The highest BCUT2D eigenvalue weighted by Gasteiger charge is 2.15. The average Bonchev–Trinajstić information content (AvgIpc) is 3.26. The van der Waals surface area contributed by atoms with Crippen molar-refractivity contribution in [1.29, 1.82) is 0 Å². The van der Waals surface area contributed by atoms with Crippen molar-refractivity contribution in [1.82, 2.24) is 24.5 Å². The Morgan fingerprint density at radius 1 is 0.958 bits per heavy atom. The summed E-state index contributed by atoms with van der Waals surface area (Å²) in [5.74, 6) is 0.604. The van der Waals surface area contributed by atoms with Crippen molar-refractivity contribution < 1.29 is 0 Å². The molecule has 0 amide bonds. The molecule has 2 heterocycles. The van der Waals surface area contributed by atoms with Gasteiger partial charge in [0.05, 0.1) is 5.69 Å². The summed E-state index contributed by atoms with van der Waals surface area (Å²) < 4.78 is 3.33. The summed E-state index contributed by atoms with van der Waals surface area (Å²) in [5, 5.41) is 10.9. The maximum absolute atomic E-state index is 12.4. The Morgan fingerprint density at radius 3 is 2.54 bits per heavy atom. The van der Waals surface area contributed by atoms with Gasteiger partial charge in [0.25, 0.3) is 0 Å². The van der Waals surface area contributed by atoms with Gasteiger partial charge in [0.2, 0.25) is 0 Å². The van der Waals surface area contributed by atoms with E-state index >= 15 is 0 Å². The van der Waals surface area contributed by atoms with Crippen LogP contribution in [0.5, 0.6) is 0 Å². The van der Waals surface area contributed by atoms with Crippen LogP contribution in [0.25, 0.3) is 16.8 Å². The van der Waals surface area contributed by atoms with Gasteiger partial charge in [-0.15, -0.1) is 0 Å². The first-order chi connectivity index (χ1) is 11.8. The Morgan fingerprint density at radius 2 is 1.75 bits per heavy atom. The van der Waals surface area contributed by atoms with Crippen molar-refractivity contribution in [3.05, 3.63) is 89.4 Å². The van der Waals surface area contributed by atoms with Crippen LogP contribution in [0.2, 0.25) is 0 Å². The summed E-state index contributed by atoms with van der Waals surface area (Å²) in [7, 11) is 0. The summed E-state index contributed by atoms with van der Waals surface area (Å²) in [4.78, 5) is 12.4. The quantitative estimate of drug-likeness (QED) is 0.629. The second-order valence-electron chi connectivity index (χ2n) is 5.37. The molecule has 0 saturated carbocycles. The van der Waals surface area contributed by atoms with Crippen LogP contribution in [-0.4, -0.2) is 24.5 Å². The summed E-state index contributed by atoms with van der Waals surface area (Å²) in [6.07, 6.45) is 3.54. The molecule has 0 aliphatic heterocycles. The van der Waals surface area contributed by atoms with Crippen LogP contribution in [0.3, 0.4) is 0 Å². The number of nitrogens with zero attached hydrogens (tertiary/aromatic N) is 4. The highest BCUT2D eigenvalue weighted by atomic mass is 16.1. The summed E-state index contributed by atoms with van der Waals surface area (Å²) in [6, 6.07) is 19.6. The van der Waals surface area contributed by atoms with E-state index in [1.54, 1.807) is 15.4 Å². The molecular weight excluding hydrogens is 302 g/mol. The number of H-pyrrole nitrogens is 1. The maximum Gasteiger partial charge on any atom is 0.348 e. The van der Waals surface area contributed by atoms with E-state index in [2.05, 4.69) is 15.3 Å². The molecule has 118 valence electrons. The maximum atomic E-state index is 12.4. The fraction of sp³-hybridized carbons (Fsp3) is 0.0556. The Bertz CT molecular complexity index is 999. The molecule has 0 saturated heterocycles. The largest absolute Gasteiger partial charge is 0.348 e. The first kappa shape index (κ1) is 14.2. The highest BCUT2D eigenvalue weighted by molar-refractivity contribution is 5.72. The van der Waals surface area contributed by atoms with E-state index in [1.807, 2.05) is 66.9 Å². The van der Waals surface area contributed by atoms with E-state index in [9.17, 15) is 4.79 Å². The molecule has 4 aromatic rings. The Labute approximate surface area is 138 Å². The fourth-order valence-electron chi connectivity index (χ4n) is 2.75. The van der Waals surface area contributed by atoms with Crippen molar-refractivity contribution in [2.45, 2.75) is 6.54 Å². The van der Waals surface area contributed by atoms with E-state index < -0.39 is 0 Å². The molecule has 2 aromatic carbocycles. The topological polar surface area (TPSA) is 68.5 Å². The smallest absolute Gasteiger partial charge is 0.265 e. The van der Waals surface area contributed by atoms with Crippen LogP contribution in [0.4, 0.5) is 0 Å². The molecule has 0 fully saturated rings. The molecule has 24 heavy (non-hydrogen) atoms. The first-order valence-electron chi connectivity index (χ1n) is 7.61. The van der Waals surface area contributed by atoms with Gasteiger partial charge in [0.1, 0.15) is 6.54 Å². The molecule has 0 atom stereocenters. The van der Waals surface area contributed by atoms with Gasteiger partial charge >= 0.3 is 5.69 Å². The van der Waals surface area contributed by atoms with E-state index in [4.69, 9.17) is 0 Å². The zero-order valence-corrected chi connectivity index (χ0v) is 12.8. The monoisotopic (exact) mass is 317 g/mol. The van der Waals surface area contributed by atoms with Gasteiger partial charge in [-0.05, 0) is 17.7 Å². The van der Waals surface area contributed by atoms with E-state index in [0.29, 0.717) is 12.4 Å². The lowest BCUT2D eigenvalue weighted by atomic mass is 10.0. The standard InChI is InChI=1S/C18H15N5O/c24-18-21-20-17(13-22-12-6-11-19-22)23(18)16-10-5-4-9-15(16)14-7-2-1-3-8-14/h1-12H,13H2,(H,21,24). The molecule has 6 heteroatoms. The van der Waals surface area contributed by atoms with Gasteiger partial charge in [0, 0.05) is 18.0 Å². The number of rotatable bonds is 4. The van der Waals surface area contributed by atoms with E-state index in [1.165, 1.54) is 0 Å². The Kier molecular flexibility index (Phi) is 3.55. The highest BCUT2D eigenvalue weighted by Crippen LogP contribution is 2.26. The van der Waals surface area contributed by atoms with Gasteiger partial charge < -0.3 is 0 Å². The van der Waals surface area contributed by atoms with Crippen LogP contribution in [-0.2, 0) is 6.54 Å². The molecule has 0 bridgehead atoms. The fourth-order valence-corrected chi connectivity index (χ4v) is 2.75.